The second kappa shape index (κ2) is 9.07. The minimum Gasteiger partial charge on any atom is -0.493 e. The topological polar surface area (TPSA) is 49.9 Å². The minimum absolute atomic E-state index is 0.187. The number of carbonyl (C=O) groups is 2. The number of rotatable bonds is 7. The van der Waals surface area contributed by atoms with Gasteiger partial charge in [0.1, 0.15) is 5.75 Å². The zero-order valence-electron chi connectivity index (χ0n) is 19.6. The molecule has 2 amide bonds. The van der Waals surface area contributed by atoms with Gasteiger partial charge in [-0.05, 0) is 86.7 Å². The third-order valence-corrected chi connectivity index (χ3v) is 8.56. The van der Waals surface area contributed by atoms with Gasteiger partial charge in [0, 0.05) is 39.0 Å². The maximum absolute atomic E-state index is 13.1. The van der Waals surface area contributed by atoms with Gasteiger partial charge in [0.25, 0.3) is 0 Å². The lowest BCUT2D eigenvalue weighted by Gasteiger charge is -2.57. The fourth-order valence-electron chi connectivity index (χ4n) is 7.43. The Morgan fingerprint density at radius 2 is 1.47 bits per heavy atom. The molecule has 0 radical (unpaired) electrons. The van der Waals surface area contributed by atoms with E-state index in [-0.39, 0.29) is 5.91 Å². The van der Waals surface area contributed by atoms with Crippen LogP contribution in [0.1, 0.15) is 63.4 Å². The highest BCUT2D eigenvalue weighted by Crippen LogP contribution is 2.61. The van der Waals surface area contributed by atoms with Gasteiger partial charge in [-0.15, -0.1) is 0 Å². The summed E-state index contributed by atoms with van der Waals surface area (Å²) in [5, 5.41) is 0. The summed E-state index contributed by atoms with van der Waals surface area (Å²) in [4.78, 5) is 29.7. The van der Waals surface area contributed by atoms with E-state index in [0.29, 0.717) is 50.5 Å². The Morgan fingerprint density at radius 1 is 0.906 bits per heavy atom. The Kier molecular flexibility index (Phi) is 6.18. The van der Waals surface area contributed by atoms with Gasteiger partial charge < -0.3 is 14.5 Å². The lowest BCUT2D eigenvalue weighted by atomic mass is 9.49. The molecule has 0 N–H and O–H groups in total. The molecule has 4 saturated carbocycles. The SMILES string of the molecule is Cc1ccccc1OCCCC(=O)N1CCN(C(=O)CC23CC4CC(CC(C4)C2)C3)CC1. The molecule has 32 heavy (non-hydrogen) atoms. The number of hydrogen-bond acceptors (Lipinski definition) is 3. The Labute approximate surface area is 192 Å². The van der Waals surface area contributed by atoms with Crippen molar-refractivity contribution in [2.75, 3.05) is 32.8 Å². The van der Waals surface area contributed by atoms with Crippen LogP contribution in [0.3, 0.4) is 0 Å². The van der Waals surface area contributed by atoms with Crippen LogP contribution in [-0.2, 0) is 9.59 Å². The van der Waals surface area contributed by atoms with Gasteiger partial charge in [0.15, 0.2) is 0 Å². The van der Waals surface area contributed by atoms with Gasteiger partial charge >= 0.3 is 0 Å². The van der Waals surface area contributed by atoms with Crippen LogP contribution in [0.2, 0.25) is 0 Å². The van der Waals surface area contributed by atoms with E-state index in [2.05, 4.69) is 0 Å². The highest BCUT2D eigenvalue weighted by Gasteiger charge is 2.51. The van der Waals surface area contributed by atoms with E-state index in [9.17, 15) is 9.59 Å². The smallest absolute Gasteiger partial charge is 0.223 e. The molecule has 0 unspecified atom stereocenters. The molecule has 6 rings (SSSR count). The van der Waals surface area contributed by atoms with Gasteiger partial charge in [-0.2, -0.15) is 0 Å². The summed E-state index contributed by atoms with van der Waals surface area (Å²) in [5.74, 6) is 4.08. The summed E-state index contributed by atoms with van der Waals surface area (Å²) in [6, 6.07) is 7.97. The first-order valence-corrected chi connectivity index (χ1v) is 12.7. The molecule has 1 aliphatic heterocycles. The summed E-state index contributed by atoms with van der Waals surface area (Å²) in [5.41, 5.74) is 1.42. The summed E-state index contributed by atoms with van der Waals surface area (Å²) >= 11 is 0. The van der Waals surface area contributed by atoms with Crippen LogP contribution in [0.25, 0.3) is 0 Å². The van der Waals surface area contributed by atoms with Crippen molar-refractivity contribution < 1.29 is 14.3 Å². The number of aryl methyl sites for hydroxylation is 1. The van der Waals surface area contributed by atoms with Gasteiger partial charge in [-0.1, -0.05) is 18.2 Å². The molecule has 1 aromatic rings. The lowest BCUT2D eigenvalue weighted by molar-refractivity contribution is -0.144. The third kappa shape index (κ3) is 4.67. The normalized spacial score (nSPS) is 31.1. The van der Waals surface area contributed by atoms with Crippen molar-refractivity contribution in [1.29, 1.82) is 0 Å². The van der Waals surface area contributed by atoms with Crippen molar-refractivity contribution in [2.24, 2.45) is 23.2 Å². The molecule has 5 fully saturated rings. The average molecular weight is 439 g/mol. The molecule has 1 heterocycles. The first-order chi connectivity index (χ1) is 15.5. The summed E-state index contributed by atoms with van der Waals surface area (Å²) in [6.45, 7) is 5.31. The van der Waals surface area contributed by atoms with Crippen molar-refractivity contribution >= 4 is 11.8 Å². The monoisotopic (exact) mass is 438 g/mol. The van der Waals surface area contributed by atoms with Crippen LogP contribution < -0.4 is 4.74 Å². The van der Waals surface area contributed by atoms with Gasteiger partial charge in [0.05, 0.1) is 6.61 Å². The molecule has 5 nitrogen and oxygen atoms in total. The van der Waals surface area contributed by atoms with E-state index in [4.69, 9.17) is 4.74 Å². The van der Waals surface area contributed by atoms with Crippen LogP contribution in [-0.4, -0.2) is 54.4 Å². The maximum atomic E-state index is 13.1. The summed E-state index contributed by atoms with van der Waals surface area (Å²) in [6.07, 6.45) is 10.1. The number of piperazine rings is 1. The summed E-state index contributed by atoms with van der Waals surface area (Å²) < 4.78 is 5.81. The molecule has 4 bridgehead atoms. The molecule has 0 spiro atoms. The average Bonchev–Trinajstić information content (AvgIpc) is 2.76. The Hall–Kier alpha value is -2.04. The highest BCUT2D eigenvalue weighted by atomic mass is 16.5. The zero-order chi connectivity index (χ0) is 22.1. The first kappa shape index (κ1) is 21.8. The van der Waals surface area contributed by atoms with Crippen molar-refractivity contribution in [3.8, 4) is 5.75 Å². The number of para-hydroxylation sites is 1. The predicted octanol–water partition coefficient (Wildman–Crippen LogP) is 4.43. The standard InChI is InChI=1S/C27H38N2O3/c1-20-5-2-3-6-24(20)32-12-4-7-25(30)28-8-10-29(11-9-28)26(31)19-27-16-21-13-22(17-27)15-23(14-21)18-27/h2-3,5-6,21-23H,4,7-19H2,1H3. The third-order valence-electron chi connectivity index (χ3n) is 8.56. The van der Waals surface area contributed by atoms with Gasteiger partial charge in [-0.25, -0.2) is 0 Å². The number of ether oxygens (including phenoxy) is 1. The lowest BCUT2D eigenvalue weighted by Crippen LogP contribution is -2.53. The predicted molar refractivity (Wildman–Crippen MR) is 124 cm³/mol. The quantitative estimate of drug-likeness (QED) is 0.592. The fraction of sp³-hybridized carbons (Fsp3) is 0.704. The fourth-order valence-corrected chi connectivity index (χ4v) is 7.43. The second-order valence-corrected chi connectivity index (χ2v) is 11.1. The van der Waals surface area contributed by atoms with Crippen molar-refractivity contribution in [1.82, 2.24) is 9.80 Å². The Bertz CT molecular complexity index is 808. The number of hydrogen-bond donors (Lipinski definition) is 0. The van der Waals surface area contributed by atoms with Crippen LogP contribution in [0.15, 0.2) is 24.3 Å². The van der Waals surface area contributed by atoms with Crippen molar-refractivity contribution in [2.45, 2.75) is 64.7 Å². The van der Waals surface area contributed by atoms with E-state index in [0.717, 1.165) is 41.9 Å². The highest BCUT2D eigenvalue weighted by molar-refractivity contribution is 5.79. The molecular formula is C27H38N2O3. The van der Waals surface area contributed by atoms with E-state index in [1.54, 1.807) is 0 Å². The molecule has 0 atom stereocenters. The molecule has 1 saturated heterocycles. The van der Waals surface area contributed by atoms with E-state index in [1.807, 2.05) is 41.0 Å². The van der Waals surface area contributed by atoms with Crippen molar-refractivity contribution in [3.05, 3.63) is 29.8 Å². The molecule has 1 aromatic carbocycles. The second-order valence-electron chi connectivity index (χ2n) is 11.1. The molecule has 4 aliphatic carbocycles. The Morgan fingerprint density at radius 3 is 2.06 bits per heavy atom. The molecular weight excluding hydrogens is 400 g/mol. The summed E-state index contributed by atoms with van der Waals surface area (Å²) in [7, 11) is 0. The van der Waals surface area contributed by atoms with Crippen LogP contribution in [0.5, 0.6) is 5.75 Å². The molecule has 0 aromatic heterocycles. The van der Waals surface area contributed by atoms with E-state index in [1.165, 1.54) is 38.5 Å². The van der Waals surface area contributed by atoms with Crippen LogP contribution >= 0.6 is 0 Å². The number of nitrogens with zero attached hydrogens (tertiary/aromatic N) is 2. The number of benzene rings is 1. The minimum atomic E-state index is 0.187. The molecule has 5 heteroatoms. The van der Waals surface area contributed by atoms with Crippen LogP contribution in [0, 0.1) is 30.1 Å². The van der Waals surface area contributed by atoms with Crippen molar-refractivity contribution in [3.63, 3.8) is 0 Å². The maximum Gasteiger partial charge on any atom is 0.223 e. The largest absolute Gasteiger partial charge is 0.493 e. The van der Waals surface area contributed by atoms with Crippen LogP contribution in [0.4, 0.5) is 0 Å². The number of amides is 2. The zero-order valence-corrected chi connectivity index (χ0v) is 19.6. The number of carbonyl (C=O) groups excluding carboxylic acids is 2. The first-order valence-electron chi connectivity index (χ1n) is 12.7. The van der Waals surface area contributed by atoms with E-state index < -0.39 is 0 Å². The molecule has 174 valence electrons. The van der Waals surface area contributed by atoms with E-state index >= 15 is 0 Å². The van der Waals surface area contributed by atoms with Gasteiger partial charge in [0.2, 0.25) is 11.8 Å². The molecule has 5 aliphatic rings. The van der Waals surface area contributed by atoms with Gasteiger partial charge in [-0.3, -0.25) is 9.59 Å². The Balaban J connectivity index is 1.03.